The van der Waals surface area contributed by atoms with Crippen molar-refractivity contribution in [2.75, 3.05) is 30.4 Å². The quantitative estimate of drug-likeness (QED) is 0.754. The first-order valence-electron chi connectivity index (χ1n) is 5.33. The molecule has 0 saturated carbocycles. The van der Waals surface area contributed by atoms with Crippen LogP contribution in [-0.2, 0) is 0 Å². The van der Waals surface area contributed by atoms with Crippen LogP contribution >= 0.6 is 0 Å². The van der Waals surface area contributed by atoms with E-state index in [1.165, 1.54) is 19.3 Å². The zero-order valence-corrected chi connectivity index (χ0v) is 8.92. The number of piperidine rings is 1. The fraction of sp³-hybridized carbons (Fsp3) is 0.600. The van der Waals surface area contributed by atoms with Crippen LogP contribution < -0.4 is 15.9 Å². The summed E-state index contributed by atoms with van der Waals surface area (Å²) in [6, 6.07) is 1.88. The van der Waals surface area contributed by atoms with Gasteiger partial charge in [-0.25, -0.2) is 4.79 Å². The molecule has 2 rings (SSSR count). The number of nitrogens with zero attached hydrogens (tertiary/aromatic N) is 2. The highest BCUT2D eigenvalue weighted by Crippen LogP contribution is 2.17. The molecule has 5 nitrogen and oxygen atoms in total. The fourth-order valence-corrected chi connectivity index (χ4v) is 1.86. The van der Waals surface area contributed by atoms with E-state index >= 15 is 0 Å². The van der Waals surface area contributed by atoms with Gasteiger partial charge in [0.05, 0.1) is 0 Å². The molecule has 0 atom stereocenters. The molecule has 0 amide bonds. The largest absolute Gasteiger partial charge is 0.374 e. The summed E-state index contributed by atoms with van der Waals surface area (Å²) in [4.78, 5) is 20.1. The summed E-state index contributed by atoms with van der Waals surface area (Å²) < 4.78 is 0. The molecule has 0 spiro atoms. The summed E-state index contributed by atoms with van der Waals surface area (Å²) in [5.41, 5.74) is -0.289. The molecule has 15 heavy (non-hydrogen) atoms. The minimum atomic E-state index is -0.289. The lowest BCUT2D eigenvalue weighted by Crippen LogP contribution is -2.32. The number of aromatic nitrogens is 2. The van der Waals surface area contributed by atoms with E-state index < -0.39 is 0 Å². The Morgan fingerprint density at radius 3 is 2.80 bits per heavy atom. The van der Waals surface area contributed by atoms with Crippen molar-refractivity contribution in [3.05, 3.63) is 16.6 Å². The van der Waals surface area contributed by atoms with Crippen molar-refractivity contribution in [2.45, 2.75) is 19.3 Å². The minimum absolute atomic E-state index is 0.289. The number of hydrogen-bond donors (Lipinski definition) is 2. The summed E-state index contributed by atoms with van der Waals surface area (Å²) in [6.07, 6.45) is 3.64. The maximum Gasteiger partial charge on any atom is 0.348 e. The molecule has 0 aliphatic carbocycles. The fourth-order valence-electron chi connectivity index (χ4n) is 1.86. The zero-order chi connectivity index (χ0) is 10.7. The van der Waals surface area contributed by atoms with E-state index in [1.807, 2.05) is 6.07 Å². The lowest BCUT2D eigenvalue weighted by Gasteiger charge is -2.27. The molecule has 5 heteroatoms. The monoisotopic (exact) mass is 208 g/mol. The normalized spacial score (nSPS) is 16.5. The first kappa shape index (κ1) is 10.0. The van der Waals surface area contributed by atoms with E-state index in [-0.39, 0.29) is 5.69 Å². The van der Waals surface area contributed by atoms with Gasteiger partial charge < -0.3 is 10.2 Å². The third-order valence-corrected chi connectivity index (χ3v) is 2.68. The molecule has 2 N–H and O–H groups in total. The highest BCUT2D eigenvalue weighted by molar-refractivity contribution is 5.48. The van der Waals surface area contributed by atoms with Crippen LogP contribution in [0.2, 0.25) is 0 Å². The Kier molecular flexibility index (Phi) is 2.89. The Hall–Kier alpha value is -1.52. The highest BCUT2D eigenvalue weighted by atomic mass is 16.1. The van der Waals surface area contributed by atoms with Crippen LogP contribution in [0.1, 0.15) is 19.3 Å². The van der Waals surface area contributed by atoms with Gasteiger partial charge in [-0.3, -0.25) is 4.98 Å². The van der Waals surface area contributed by atoms with Crippen molar-refractivity contribution < 1.29 is 0 Å². The third-order valence-electron chi connectivity index (χ3n) is 2.68. The Bertz CT molecular complexity index is 381. The van der Waals surface area contributed by atoms with Crippen LogP contribution in [0.15, 0.2) is 10.9 Å². The van der Waals surface area contributed by atoms with Crippen molar-refractivity contribution >= 4 is 11.6 Å². The van der Waals surface area contributed by atoms with Gasteiger partial charge in [0.25, 0.3) is 0 Å². The van der Waals surface area contributed by atoms with Gasteiger partial charge in [0, 0.05) is 26.2 Å². The van der Waals surface area contributed by atoms with E-state index in [2.05, 4.69) is 20.2 Å². The molecule has 1 fully saturated rings. The summed E-state index contributed by atoms with van der Waals surface area (Å²) in [7, 11) is 1.78. The molecule has 0 aromatic carbocycles. The molecule has 1 aromatic rings. The topological polar surface area (TPSA) is 61.0 Å². The summed E-state index contributed by atoms with van der Waals surface area (Å²) >= 11 is 0. The molecule has 1 aromatic heterocycles. The number of nitrogens with one attached hydrogen (secondary N) is 2. The molecule has 1 saturated heterocycles. The maximum absolute atomic E-state index is 11.3. The number of anilines is 2. The van der Waals surface area contributed by atoms with Gasteiger partial charge in [0.1, 0.15) is 11.6 Å². The molecule has 0 unspecified atom stereocenters. The molecule has 1 aliphatic heterocycles. The van der Waals surface area contributed by atoms with E-state index in [9.17, 15) is 4.79 Å². The average molecular weight is 208 g/mol. The zero-order valence-electron chi connectivity index (χ0n) is 8.92. The average Bonchev–Trinajstić information content (AvgIpc) is 2.29. The number of H-pyrrole nitrogens is 1. The molecule has 2 heterocycles. The molecule has 1 aliphatic rings. The van der Waals surface area contributed by atoms with Crippen LogP contribution in [-0.4, -0.2) is 30.1 Å². The van der Waals surface area contributed by atoms with Crippen molar-refractivity contribution in [2.24, 2.45) is 0 Å². The van der Waals surface area contributed by atoms with Crippen LogP contribution in [0, 0.1) is 0 Å². The van der Waals surface area contributed by atoms with Crippen molar-refractivity contribution in [3.8, 4) is 0 Å². The van der Waals surface area contributed by atoms with E-state index in [4.69, 9.17) is 0 Å². The Balaban J connectivity index is 2.26. The van der Waals surface area contributed by atoms with Gasteiger partial charge in [-0.05, 0) is 19.3 Å². The van der Waals surface area contributed by atoms with Crippen LogP contribution in [0.5, 0.6) is 0 Å². The first-order chi connectivity index (χ1) is 7.29. The van der Waals surface area contributed by atoms with Crippen molar-refractivity contribution in [3.63, 3.8) is 0 Å². The molecular formula is C10H16N4O. The van der Waals surface area contributed by atoms with Gasteiger partial charge in [-0.15, -0.1) is 0 Å². The molecule has 0 radical (unpaired) electrons. The molecule has 0 bridgehead atoms. The molecular weight excluding hydrogens is 192 g/mol. The van der Waals surface area contributed by atoms with Crippen LogP contribution in [0.4, 0.5) is 11.6 Å². The SMILES string of the molecule is CNc1cc(N2CCCCC2)nc(=O)[nH]1. The highest BCUT2D eigenvalue weighted by Gasteiger charge is 2.13. The van der Waals surface area contributed by atoms with E-state index in [1.54, 1.807) is 7.05 Å². The van der Waals surface area contributed by atoms with Gasteiger partial charge in [-0.2, -0.15) is 4.98 Å². The van der Waals surface area contributed by atoms with E-state index in [0.717, 1.165) is 24.7 Å². The van der Waals surface area contributed by atoms with Gasteiger partial charge in [0.15, 0.2) is 0 Å². The summed E-state index contributed by atoms with van der Waals surface area (Å²) in [6.45, 7) is 2.00. The van der Waals surface area contributed by atoms with Crippen molar-refractivity contribution in [1.29, 1.82) is 0 Å². The summed E-state index contributed by atoms with van der Waals surface area (Å²) in [5, 5.41) is 2.93. The number of rotatable bonds is 2. The van der Waals surface area contributed by atoms with Crippen LogP contribution in [0.25, 0.3) is 0 Å². The molecule has 82 valence electrons. The predicted molar refractivity (Wildman–Crippen MR) is 60.5 cm³/mol. The predicted octanol–water partition coefficient (Wildman–Crippen LogP) is 0.802. The number of aromatic amines is 1. The second-order valence-corrected chi connectivity index (χ2v) is 3.76. The Morgan fingerprint density at radius 1 is 1.40 bits per heavy atom. The van der Waals surface area contributed by atoms with Gasteiger partial charge in [-0.1, -0.05) is 0 Å². The third kappa shape index (κ3) is 2.29. The number of hydrogen-bond acceptors (Lipinski definition) is 4. The Morgan fingerprint density at radius 2 is 2.13 bits per heavy atom. The Labute approximate surface area is 88.5 Å². The first-order valence-corrected chi connectivity index (χ1v) is 5.33. The van der Waals surface area contributed by atoms with Crippen molar-refractivity contribution in [1.82, 2.24) is 9.97 Å². The maximum atomic E-state index is 11.3. The smallest absolute Gasteiger partial charge is 0.348 e. The van der Waals surface area contributed by atoms with Crippen LogP contribution in [0.3, 0.4) is 0 Å². The standard InChI is InChI=1S/C10H16N4O/c1-11-8-7-9(13-10(15)12-8)14-5-3-2-4-6-14/h7H,2-6H2,1H3,(H2,11,12,13,15). The second-order valence-electron chi connectivity index (χ2n) is 3.76. The minimum Gasteiger partial charge on any atom is -0.374 e. The lowest BCUT2D eigenvalue weighted by molar-refractivity contribution is 0.572. The summed E-state index contributed by atoms with van der Waals surface area (Å²) in [5.74, 6) is 1.50. The lowest BCUT2D eigenvalue weighted by atomic mass is 10.1. The van der Waals surface area contributed by atoms with Gasteiger partial charge >= 0.3 is 5.69 Å². The van der Waals surface area contributed by atoms with Gasteiger partial charge in [0.2, 0.25) is 0 Å². The second kappa shape index (κ2) is 4.33. The van der Waals surface area contributed by atoms with E-state index in [0.29, 0.717) is 0 Å².